The van der Waals surface area contributed by atoms with Gasteiger partial charge in [-0.25, -0.2) is 4.39 Å². The summed E-state index contributed by atoms with van der Waals surface area (Å²) in [5.41, 5.74) is 1.76. The fraction of sp³-hybridized carbons (Fsp3) is 0.571. The lowest BCUT2D eigenvalue weighted by Crippen LogP contribution is -2.40. The average Bonchev–Trinajstić information content (AvgIpc) is 2.41. The summed E-state index contributed by atoms with van der Waals surface area (Å²) in [6, 6.07) is 3.58. The Morgan fingerprint density at radius 1 is 1.11 bits per heavy atom. The number of halogens is 2. The van der Waals surface area contributed by atoms with Crippen LogP contribution in [0.3, 0.4) is 0 Å². The number of hydrogen-bond donors (Lipinski definition) is 2. The van der Waals surface area contributed by atoms with Gasteiger partial charge < -0.3 is 10.6 Å². The highest BCUT2D eigenvalue weighted by Crippen LogP contribution is 2.35. The summed E-state index contributed by atoms with van der Waals surface area (Å²) in [5, 5.41) is 7.02. The second kappa shape index (κ2) is 4.96. The van der Waals surface area contributed by atoms with E-state index in [0.717, 1.165) is 17.9 Å². The van der Waals surface area contributed by atoms with Crippen LogP contribution < -0.4 is 10.6 Å². The summed E-state index contributed by atoms with van der Waals surface area (Å²) < 4.78 is 13.5. The van der Waals surface area contributed by atoms with E-state index >= 15 is 0 Å². The van der Waals surface area contributed by atoms with Crippen molar-refractivity contribution in [3.63, 3.8) is 0 Å². The molecule has 1 aromatic carbocycles. The van der Waals surface area contributed by atoms with Crippen LogP contribution in [0.25, 0.3) is 0 Å². The maximum atomic E-state index is 13.5. The molecular weight excluding hydrogens is 251 g/mol. The van der Waals surface area contributed by atoms with E-state index in [0.29, 0.717) is 12.0 Å². The molecule has 0 radical (unpaired) electrons. The first-order valence-corrected chi connectivity index (χ1v) is 7.11. The molecule has 18 heavy (non-hydrogen) atoms. The lowest BCUT2D eigenvalue weighted by Gasteiger charge is -2.36. The Bertz CT molecular complexity index is 444. The second-order valence-corrected chi connectivity index (χ2v) is 5.75. The predicted octanol–water partition coefficient (Wildman–Crippen LogP) is 4.27. The van der Waals surface area contributed by atoms with E-state index in [1.54, 1.807) is 6.07 Å². The Morgan fingerprint density at radius 3 is 2.67 bits per heavy atom. The van der Waals surface area contributed by atoms with Crippen LogP contribution >= 0.6 is 11.6 Å². The maximum absolute atomic E-state index is 13.5. The Morgan fingerprint density at radius 2 is 1.89 bits per heavy atom. The van der Waals surface area contributed by atoms with Crippen molar-refractivity contribution in [1.29, 1.82) is 0 Å². The van der Waals surface area contributed by atoms with Crippen molar-refractivity contribution in [2.45, 2.75) is 38.1 Å². The number of fused-ring (bicyclic) bond motifs is 1. The van der Waals surface area contributed by atoms with E-state index < -0.39 is 0 Å². The molecule has 98 valence electrons. The van der Waals surface area contributed by atoms with Crippen molar-refractivity contribution in [3.05, 3.63) is 23.0 Å². The summed E-state index contributed by atoms with van der Waals surface area (Å²) >= 11 is 5.79. The third-order valence-electron chi connectivity index (χ3n) is 4.13. The van der Waals surface area contributed by atoms with Gasteiger partial charge in [-0.1, -0.05) is 30.9 Å². The van der Waals surface area contributed by atoms with Gasteiger partial charge in [-0.15, -0.1) is 0 Å². The van der Waals surface area contributed by atoms with Crippen molar-refractivity contribution in [1.82, 2.24) is 0 Å². The van der Waals surface area contributed by atoms with Gasteiger partial charge in [-0.05, 0) is 24.8 Å². The summed E-state index contributed by atoms with van der Waals surface area (Å²) in [4.78, 5) is 0. The number of rotatable bonds is 1. The minimum absolute atomic E-state index is 0.180. The summed E-state index contributed by atoms with van der Waals surface area (Å²) in [5.74, 6) is 0.354. The molecule has 0 aromatic heterocycles. The monoisotopic (exact) mass is 268 g/mol. The summed E-state index contributed by atoms with van der Waals surface area (Å²) in [7, 11) is 0. The highest BCUT2D eigenvalue weighted by Gasteiger charge is 2.27. The topological polar surface area (TPSA) is 24.1 Å². The molecule has 0 amide bonds. The first kappa shape index (κ1) is 12.1. The highest BCUT2D eigenvalue weighted by atomic mass is 35.5. The van der Waals surface area contributed by atoms with Crippen LogP contribution in [0.15, 0.2) is 12.1 Å². The van der Waals surface area contributed by atoms with Crippen LogP contribution in [-0.4, -0.2) is 12.6 Å². The van der Waals surface area contributed by atoms with Crippen molar-refractivity contribution in [2.75, 3.05) is 17.2 Å². The molecule has 1 aliphatic heterocycles. The molecule has 0 spiro atoms. The van der Waals surface area contributed by atoms with E-state index in [2.05, 4.69) is 10.6 Å². The fourth-order valence-corrected chi connectivity index (χ4v) is 3.27. The van der Waals surface area contributed by atoms with Crippen molar-refractivity contribution < 1.29 is 4.39 Å². The van der Waals surface area contributed by atoms with Crippen LogP contribution in [0.4, 0.5) is 15.8 Å². The molecule has 4 heteroatoms. The van der Waals surface area contributed by atoms with Gasteiger partial charge in [-0.3, -0.25) is 0 Å². The lowest BCUT2D eigenvalue weighted by atomic mass is 9.83. The minimum Gasteiger partial charge on any atom is -0.381 e. The zero-order valence-electron chi connectivity index (χ0n) is 10.3. The van der Waals surface area contributed by atoms with Crippen LogP contribution in [0.1, 0.15) is 32.1 Å². The van der Waals surface area contributed by atoms with Gasteiger partial charge in [0, 0.05) is 18.7 Å². The molecule has 0 bridgehead atoms. The number of hydrogen-bond acceptors (Lipinski definition) is 2. The molecule has 1 unspecified atom stereocenters. The van der Waals surface area contributed by atoms with E-state index in [9.17, 15) is 4.39 Å². The maximum Gasteiger partial charge on any atom is 0.143 e. The molecule has 1 heterocycles. The van der Waals surface area contributed by atoms with Crippen LogP contribution in [0, 0.1) is 11.7 Å². The molecular formula is C14H18ClFN2. The van der Waals surface area contributed by atoms with Gasteiger partial charge in [0.1, 0.15) is 5.82 Å². The highest BCUT2D eigenvalue weighted by molar-refractivity contribution is 6.31. The number of nitrogens with one attached hydrogen (secondary N) is 2. The third kappa shape index (κ3) is 2.28. The van der Waals surface area contributed by atoms with Crippen molar-refractivity contribution in [2.24, 2.45) is 5.92 Å². The average molecular weight is 269 g/mol. The molecule has 1 atom stereocenters. The lowest BCUT2D eigenvalue weighted by molar-refractivity contribution is 0.322. The van der Waals surface area contributed by atoms with Gasteiger partial charge in [0.05, 0.1) is 16.4 Å². The number of anilines is 2. The zero-order valence-corrected chi connectivity index (χ0v) is 11.1. The Kier molecular flexibility index (Phi) is 3.33. The van der Waals surface area contributed by atoms with Gasteiger partial charge in [0.2, 0.25) is 0 Å². The molecule has 3 rings (SSSR count). The predicted molar refractivity (Wildman–Crippen MR) is 73.9 cm³/mol. The van der Waals surface area contributed by atoms with E-state index in [1.807, 2.05) is 0 Å². The third-order valence-corrected chi connectivity index (χ3v) is 4.42. The van der Waals surface area contributed by atoms with Gasteiger partial charge in [0.25, 0.3) is 0 Å². The molecule has 0 saturated heterocycles. The molecule has 1 fully saturated rings. The molecule has 1 aliphatic carbocycles. The van der Waals surface area contributed by atoms with Gasteiger partial charge in [0.15, 0.2) is 0 Å². The SMILES string of the molecule is Fc1cc2c(cc1Cl)NCC(C1CCCCC1)N2. The minimum atomic E-state index is -0.353. The standard InChI is InChI=1S/C14H18ClFN2/c15-10-6-12-13(7-11(10)16)18-14(8-17-12)9-4-2-1-3-5-9/h6-7,9,14,17-18H,1-5,8H2. The summed E-state index contributed by atoms with van der Waals surface area (Å²) in [6.07, 6.45) is 6.57. The van der Waals surface area contributed by atoms with Crippen molar-refractivity contribution >= 4 is 23.0 Å². The molecule has 1 aromatic rings. The van der Waals surface area contributed by atoms with Crippen LogP contribution in [0.2, 0.25) is 5.02 Å². The number of benzene rings is 1. The molecule has 2 nitrogen and oxygen atoms in total. The first-order valence-electron chi connectivity index (χ1n) is 6.73. The van der Waals surface area contributed by atoms with E-state index in [1.165, 1.54) is 38.2 Å². The zero-order chi connectivity index (χ0) is 12.5. The van der Waals surface area contributed by atoms with Crippen LogP contribution in [-0.2, 0) is 0 Å². The molecule has 2 N–H and O–H groups in total. The summed E-state index contributed by atoms with van der Waals surface area (Å²) in [6.45, 7) is 0.902. The normalized spacial score (nSPS) is 24.0. The van der Waals surface area contributed by atoms with Crippen LogP contribution in [0.5, 0.6) is 0 Å². The first-order chi connectivity index (χ1) is 8.74. The molecule has 2 aliphatic rings. The van der Waals surface area contributed by atoms with Gasteiger partial charge in [-0.2, -0.15) is 0 Å². The Balaban J connectivity index is 1.77. The Labute approximate surface area is 112 Å². The second-order valence-electron chi connectivity index (χ2n) is 5.34. The fourth-order valence-electron chi connectivity index (χ4n) is 3.10. The smallest absolute Gasteiger partial charge is 0.143 e. The van der Waals surface area contributed by atoms with E-state index in [-0.39, 0.29) is 10.8 Å². The largest absolute Gasteiger partial charge is 0.381 e. The quantitative estimate of drug-likeness (QED) is 0.795. The van der Waals surface area contributed by atoms with Gasteiger partial charge >= 0.3 is 0 Å². The Hall–Kier alpha value is -0.960. The molecule has 1 saturated carbocycles. The van der Waals surface area contributed by atoms with E-state index in [4.69, 9.17) is 11.6 Å². The van der Waals surface area contributed by atoms with Crippen molar-refractivity contribution in [3.8, 4) is 0 Å².